The summed E-state index contributed by atoms with van der Waals surface area (Å²) < 4.78 is 0. The second-order valence-electron chi connectivity index (χ2n) is 8.71. The molecule has 2 heterocycles. The zero-order chi connectivity index (χ0) is 21.1. The van der Waals surface area contributed by atoms with Gasteiger partial charge in [-0.25, -0.2) is 0 Å². The summed E-state index contributed by atoms with van der Waals surface area (Å²) in [6.07, 6.45) is 7.89. The molecule has 4 rings (SSSR count). The fourth-order valence-electron chi connectivity index (χ4n) is 4.45. The molecule has 30 heavy (non-hydrogen) atoms. The first-order chi connectivity index (χ1) is 14.5. The fourth-order valence-corrected chi connectivity index (χ4v) is 4.45. The number of hydrogen-bond acceptors (Lipinski definition) is 5. The molecule has 1 N–H and O–H groups in total. The van der Waals surface area contributed by atoms with Crippen molar-refractivity contribution in [1.29, 1.82) is 0 Å². The zero-order valence-corrected chi connectivity index (χ0v) is 17.3. The molecule has 1 aromatic carbocycles. The number of nitro groups is 1. The highest BCUT2D eigenvalue weighted by molar-refractivity contribution is 5.96. The van der Waals surface area contributed by atoms with Gasteiger partial charge < -0.3 is 15.1 Å². The Labute approximate surface area is 176 Å². The van der Waals surface area contributed by atoms with Crippen molar-refractivity contribution in [3.8, 4) is 0 Å². The zero-order valence-electron chi connectivity index (χ0n) is 17.3. The Hall–Kier alpha value is -2.64. The van der Waals surface area contributed by atoms with Crippen LogP contribution in [0.1, 0.15) is 61.7 Å². The maximum Gasteiger partial charge on any atom is 0.293 e. The molecule has 8 nitrogen and oxygen atoms in total. The lowest BCUT2D eigenvalue weighted by Gasteiger charge is -2.34. The average molecular weight is 415 g/mol. The number of likely N-dealkylation sites (tertiary alicyclic amines) is 2. The number of benzene rings is 1. The highest BCUT2D eigenvalue weighted by Gasteiger charge is 2.32. The summed E-state index contributed by atoms with van der Waals surface area (Å²) in [6.45, 7) is 2.73. The predicted octanol–water partition coefficient (Wildman–Crippen LogP) is 3.42. The molecule has 162 valence electrons. The quantitative estimate of drug-likeness (QED) is 0.588. The SMILES string of the molecule is O=C(c1ccc(NC2CC2)c([N+](=O)[O-])c1)N1CCC(C(=O)N2CCCCCC2)CC1. The first-order valence-electron chi connectivity index (χ1n) is 11.2. The third-order valence-electron chi connectivity index (χ3n) is 6.43. The van der Waals surface area contributed by atoms with Gasteiger partial charge in [0.2, 0.25) is 5.91 Å². The number of hydrogen-bond donors (Lipinski definition) is 1. The smallest absolute Gasteiger partial charge is 0.293 e. The van der Waals surface area contributed by atoms with Crippen LogP contribution in [0.5, 0.6) is 0 Å². The van der Waals surface area contributed by atoms with Crippen molar-refractivity contribution in [3.63, 3.8) is 0 Å². The number of anilines is 1. The molecule has 2 saturated heterocycles. The minimum Gasteiger partial charge on any atom is -0.377 e. The van der Waals surface area contributed by atoms with Crippen molar-refractivity contribution in [2.45, 2.75) is 57.4 Å². The number of nitro benzene ring substituents is 1. The highest BCUT2D eigenvalue weighted by Crippen LogP contribution is 2.32. The van der Waals surface area contributed by atoms with Crippen molar-refractivity contribution in [1.82, 2.24) is 9.80 Å². The van der Waals surface area contributed by atoms with E-state index in [0.29, 0.717) is 43.2 Å². The third kappa shape index (κ3) is 4.74. The monoisotopic (exact) mass is 414 g/mol. The maximum absolute atomic E-state index is 12.9. The number of carbonyl (C=O) groups is 2. The number of nitrogens with zero attached hydrogens (tertiary/aromatic N) is 3. The summed E-state index contributed by atoms with van der Waals surface area (Å²) in [4.78, 5) is 40.5. The molecule has 0 spiro atoms. The van der Waals surface area contributed by atoms with E-state index >= 15 is 0 Å². The second kappa shape index (κ2) is 9.02. The molecule has 0 aromatic heterocycles. The van der Waals surface area contributed by atoms with E-state index in [2.05, 4.69) is 5.32 Å². The van der Waals surface area contributed by atoms with Crippen molar-refractivity contribution in [3.05, 3.63) is 33.9 Å². The van der Waals surface area contributed by atoms with Crippen molar-refractivity contribution >= 4 is 23.2 Å². The molecule has 0 radical (unpaired) electrons. The largest absolute Gasteiger partial charge is 0.377 e. The van der Waals surface area contributed by atoms with E-state index in [-0.39, 0.29) is 23.4 Å². The first-order valence-corrected chi connectivity index (χ1v) is 11.2. The van der Waals surface area contributed by atoms with Gasteiger partial charge in [0.1, 0.15) is 5.69 Å². The Balaban J connectivity index is 1.37. The van der Waals surface area contributed by atoms with Crippen molar-refractivity contribution in [2.24, 2.45) is 5.92 Å². The molecule has 0 unspecified atom stereocenters. The molecular formula is C22H30N4O4. The molecule has 2 aliphatic heterocycles. The van der Waals surface area contributed by atoms with E-state index in [9.17, 15) is 19.7 Å². The van der Waals surface area contributed by atoms with Gasteiger partial charge in [0.05, 0.1) is 4.92 Å². The number of amides is 2. The summed E-state index contributed by atoms with van der Waals surface area (Å²) in [5.41, 5.74) is 0.750. The summed E-state index contributed by atoms with van der Waals surface area (Å²) in [5.74, 6) is 0.0125. The molecule has 3 aliphatic rings. The predicted molar refractivity (Wildman–Crippen MR) is 113 cm³/mol. The molecule has 8 heteroatoms. The van der Waals surface area contributed by atoms with E-state index in [1.54, 1.807) is 17.0 Å². The summed E-state index contributed by atoms with van der Waals surface area (Å²) in [7, 11) is 0. The second-order valence-corrected chi connectivity index (χ2v) is 8.71. The van der Waals surface area contributed by atoms with Gasteiger partial charge >= 0.3 is 0 Å². The van der Waals surface area contributed by atoms with Gasteiger partial charge in [-0.15, -0.1) is 0 Å². The summed E-state index contributed by atoms with van der Waals surface area (Å²) in [6, 6.07) is 4.97. The minimum absolute atomic E-state index is 0.0217. The van der Waals surface area contributed by atoms with E-state index in [1.165, 1.54) is 18.9 Å². The van der Waals surface area contributed by atoms with Gasteiger partial charge in [0, 0.05) is 49.8 Å². The molecule has 1 aromatic rings. The van der Waals surface area contributed by atoms with Gasteiger partial charge in [-0.2, -0.15) is 0 Å². The van der Waals surface area contributed by atoms with Crippen LogP contribution in [0.25, 0.3) is 0 Å². The fraction of sp³-hybridized carbons (Fsp3) is 0.636. The number of nitrogens with one attached hydrogen (secondary N) is 1. The maximum atomic E-state index is 12.9. The molecule has 0 atom stereocenters. The topological polar surface area (TPSA) is 95.8 Å². The van der Waals surface area contributed by atoms with Crippen LogP contribution in [0, 0.1) is 16.0 Å². The lowest BCUT2D eigenvalue weighted by molar-refractivity contribution is -0.384. The van der Waals surface area contributed by atoms with Gasteiger partial charge in [0.15, 0.2) is 0 Å². The Morgan fingerprint density at radius 2 is 1.60 bits per heavy atom. The normalized spacial score (nSPS) is 20.5. The summed E-state index contributed by atoms with van der Waals surface area (Å²) in [5, 5.41) is 14.6. The van der Waals surface area contributed by atoms with Gasteiger partial charge in [-0.3, -0.25) is 19.7 Å². The molecular weight excluding hydrogens is 384 g/mol. The van der Waals surface area contributed by atoms with Crippen LogP contribution in [-0.2, 0) is 4.79 Å². The molecule has 3 fully saturated rings. The van der Waals surface area contributed by atoms with Crippen LogP contribution < -0.4 is 5.32 Å². The molecule has 0 bridgehead atoms. The van der Waals surface area contributed by atoms with Gasteiger partial charge in [-0.05, 0) is 50.7 Å². The Bertz CT molecular complexity index is 807. The van der Waals surface area contributed by atoms with E-state index < -0.39 is 4.92 Å². The van der Waals surface area contributed by atoms with Crippen LogP contribution in [-0.4, -0.2) is 58.8 Å². The van der Waals surface area contributed by atoms with Crippen LogP contribution >= 0.6 is 0 Å². The van der Waals surface area contributed by atoms with E-state index in [1.807, 2.05) is 4.90 Å². The van der Waals surface area contributed by atoms with Crippen LogP contribution in [0.15, 0.2) is 18.2 Å². The Kier molecular flexibility index (Phi) is 6.20. The van der Waals surface area contributed by atoms with Gasteiger partial charge in [-0.1, -0.05) is 12.8 Å². The highest BCUT2D eigenvalue weighted by atomic mass is 16.6. The van der Waals surface area contributed by atoms with E-state index in [4.69, 9.17) is 0 Å². The van der Waals surface area contributed by atoms with Crippen molar-refractivity contribution < 1.29 is 14.5 Å². The average Bonchev–Trinajstić information content (AvgIpc) is 3.60. The Morgan fingerprint density at radius 3 is 2.20 bits per heavy atom. The third-order valence-corrected chi connectivity index (χ3v) is 6.43. The standard InChI is InChI=1S/C22H30N4O4/c27-21(24-11-3-1-2-4-12-24)16-9-13-25(14-10-16)22(28)17-5-8-19(23-18-6-7-18)20(15-17)26(29)30/h5,8,15-16,18,23H,1-4,6-7,9-14H2. The lowest BCUT2D eigenvalue weighted by Crippen LogP contribution is -2.44. The first kappa shape index (κ1) is 20.6. The number of carbonyl (C=O) groups excluding carboxylic acids is 2. The van der Waals surface area contributed by atoms with Crippen molar-refractivity contribution in [2.75, 3.05) is 31.5 Å². The molecule has 2 amide bonds. The van der Waals surface area contributed by atoms with Crippen LogP contribution in [0.4, 0.5) is 11.4 Å². The van der Waals surface area contributed by atoms with Crippen LogP contribution in [0.3, 0.4) is 0 Å². The van der Waals surface area contributed by atoms with E-state index in [0.717, 1.165) is 38.8 Å². The molecule has 1 saturated carbocycles. The minimum atomic E-state index is -0.437. The summed E-state index contributed by atoms with van der Waals surface area (Å²) >= 11 is 0. The van der Waals surface area contributed by atoms with Crippen LogP contribution in [0.2, 0.25) is 0 Å². The number of rotatable bonds is 5. The molecule has 1 aliphatic carbocycles. The Morgan fingerprint density at radius 1 is 0.933 bits per heavy atom. The lowest BCUT2D eigenvalue weighted by atomic mass is 9.94. The number of piperidine rings is 1. The van der Waals surface area contributed by atoms with Gasteiger partial charge in [0.25, 0.3) is 11.6 Å².